The minimum atomic E-state index is -0.475. The maximum Gasteiger partial charge on any atom is 0.309 e. The summed E-state index contributed by atoms with van der Waals surface area (Å²) in [5, 5.41) is 3.24. The standard InChI is InChI=1S/C21H35NO3.C14H29NO3.ClH/c1-8-16(2)20(22(6)15-17-12-10-9-11-13-17)18(24-7)14-19(23)25-21(3,4)5;1-8-10(2)13(15-6)11(17-7)9-12(16)18-14(3,4)5;/h9-13,16,18,20H,8,14-15H2,1-7H3;10-11,13,15H,8-9H2,1-7H3;1H/t16-,18+,20-;10-,11+,13?;/m00./s1. The molecule has 0 aromatic heterocycles. The van der Waals surface area contributed by atoms with Crippen LogP contribution < -0.4 is 5.32 Å². The number of ether oxygens (including phenoxy) is 4. The van der Waals surface area contributed by atoms with Crippen LogP contribution in [0.3, 0.4) is 0 Å². The molecule has 258 valence electrons. The average Bonchev–Trinajstić information content (AvgIpc) is 2.90. The molecule has 0 spiro atoms. The summed E-state index contributed by atoms with van der Waals surface area (Å²) in [4.78, 5) is 26.4. The van der Waals surface area contributed by atoms with Crippen molar-refractivity contribution in [3.63, 3.8) is 0 Å². The molecular weight excluding hydrogens is 580 g/mol. The van der Waals surface area contributed by atoms with Crippen molar-refractivity contribution >= 4 is 24.3 Å². The Balaban J connectivity index is 0. The number of esters is 2. The van der Waals surface area contributed by atoms with Gasteiger partial charge in [-0.3, -0.25) is 14.5 Å². The highest BCUT2D eigenvalue weighted by Gasteiger charge is 2.33. The van der Waals surface area contributed by atoms with E-state index in [0.29, 0.717) is 11.8 Å². The third-order valence-electron chi connectivity index (χ3n) is 7.56. The quantitative estimate of drug-likeness (QED) is 0.191. The summed E-state index contributed by atoms with van der Waals surface area (Å²) < 4.78 is 22.0. The molecule has 0 aliphatic carbocycles. The van der Waals surface area contributed by atoms with Gasteiger partial charge in [0, 0.05) is 32.8 Å². The van der Waals surface area contributed by atoms with Gasteiger partial charge in [-0.05, 0) is 73.0 Å². The van der Waals surface area contributed by atoms with Gasteiger partial charge in [0.15, 0.2) is 0 Å². The molecule has 1 N–H and O–H groups in total. The van der Waals surface area contributed by atoms with E-state index in [1.165, 1.54) is 5.56 Å². The summed E-state index contributed by atoms with van der Waals surface area (Å²) in [6.07, 6.45) is 2.27. The van der Waals surface area contributed by atoms with Crippen LogP contribution in [0.25, 0.3) is 0 Å². The van der Waals surface area contributed by atoms with Crippen molar-refractivity contribution in [2.75, 3.05) is 28.3 Å². The van der Waals surface area contributed by atoms with E-state index in [4.69, 9.17) is 18.9 Å². The van der Waals surface area contributed by atoms with Gasteiger partial charge in [-0.15, -0.1) is 12.4 Å². The number of nitrogens with zero attached hydrogens (tertiary/aromatic N) is 1. The van der Waals surface area contributed by atoms with Crippen LogP contribution in [0.4, 0.5) is 0 Å². The molecule has 0 aliphatic rings. The highest BCUT2D eigenvalue weighted by molar-refractivity contribution is 5.85. The predicted octanol–water partition coefficient (Wildman–Crippen LogP) is 7.07. The zero-order valence-electron chi connectivity index (χ0n) is 30.2. The zero-order chi connectivity index (χ0) is 33.4. The molecule has 8 nitrogen and oxygen atoms in total. The summed E-state index contributed by atoms with van der Waals surface area (Å²) in [5.74, 6) is 0.433. The van der Waals surface area contributed by atoms with Crippen LogP contribution in [-0.4, -0.2) is 80.6 Å². The summed E-state index contributed by atoms with van der Waals surface area (Å²) >= 11 is 0. The smallest absolute Gasteiger partial charge is 0.309 e. The monoisotopic (exact) mass is 644 g/mol. The number of benzene rings is 1. The molecular formula is C35H65ClN2O6. The first-order valence-electron chi connectivity index (χ1n) is 15.8. The molecule has 0 amide bonds. The first kappa shape index (κ1) is 44.4. The van der Waals surface area contributed by atoms with Crippen LogP contribution in [-0.2, 0) is 35.1 Å². The molecule has 0 saturated heterocycles. The van der Waals surface area contributed by atoms with E-state index < -0.39 is 11.2 Å². The lowest BCUT2D eigenvalue weighted by Gasteiger charge is -2.37. The van der Waals surface area contributed by atoms with Crippen LogP contribution in [0, 0.1) is 11.8 Å². The number of hydrogen-bond donors (Lipinski definition) is 1. The van der Waals surface area contributed by atoms with Gasteiger partial charge in [0.25, 0.3) is 0 Å². The van der Waals surface area contributed by atoms with E-state index in [-0.39, 0.29) is 61.5 Å². The number of carbonyl (C=O) groups is 2. The van der Waals surface area contributed by atoms with E-state index in [1.807, 2.05) is 54.7 Å². The third kappa shape index (κ3) is 18.3. The van der Waals surface area contributed by atoms with Gasteiger partial charge in [0.1, 0.15) is 11.2 Å². The van der Waals surface area contributed by atoms with E-state index in [0.717, 1.165) is 19.4 Å². The normalized spacial score (nSPS) is 15.9. The predicted molar refractivity (Wildman–Crippen MR) is 183 cm³/mol. The SMILES string of the molecule is CC[C@H](C)C(NC)[C@@H](CC(=O)OC(C)(C)C)OC.CC[C@H](C)[C@@H]([C@@H](CC(=O)OC(C)(C)C)OC)N(C)Cc1ccccc1.Cl. The second kappa shape index (κ2) is 21.9. The number of methoxy groups -OCH3 is 2. The number of hydrogen-bond acceptors (Lipinski definition) is 8. The van der Waals surface area contributed by atoms with Crippen molar-refractivity contribution in [3.05, 3.63) is 35.9 Å². The Morgan fingerprint density at radius 2 is 1.23 bits per heavy atom. The van der Waals surface area contributed by atoms with Crippen LogP contribution in [0.1, 0.15) is 100 Å². The van der Waals surface area contributed by atoms with Crippen molar-refractivity contribution in [1.82, 2.24) is 10.2 Å². The molecule has 9 heteroatoms. The second-order valence-corrected chi connectivity index (χ2v) is 13.6. The maximum absolute atomic E-state index is 12.3. The number of likely N-dealkylation sites (N-methyl/N-ethyl adjacent to an activating group) is 2. The Morgan fingerprint density at radius 1 is 0.795 bits per heavy atom. The molecule has 0 saturated carbocycles. The molecule has 1 aromatic carbocycles. The van der Waals surface area contributed by atoms with Crippen molar-refractivity contribution in [3.8, 4) is 0 Å². The Hall–Kier alpha value is -1.71. The number of carbonyl (C=O) groups excluding carboxylic acids is 2. The first-order chi connectivity index (χ1) is 19.9. The summed E-state index contributed by atoms with van der Waals surface area (Å²) in [6, 6.07) is 10.7. The maximum atomic E-state index is 12.3. The molecule has 0 heterocycles. The molecule has 6 atom stereocenters. The van der Waals surface area contributed by atoms with E-state index in [9.17, 15) is 9.59 Å². The van der Waals surface area contributed by atoms with Gasteiger partial charge in [0.2, 0.25) is 0 Å². The molecule has 0 aliphatic heterocycles. The second-order valence-electron chi connectivity index (χ2n) is 13.6. The van der Waals surface area contributed by atoms with Gasteiger partial charge in [-0.1, -0.05) is 70.9 Å². The van der Waals surface area contributed by atoms with Crippen LogP contribution in [0.2, 0.25) is 0 Å². The Bertz CT molecular complexity index is 903. The van der Waals surface area contributed by atoms with Gasteiger partial charge in [-0.2, -0.15) is 0 Å². The number of halogens is 1. The molecule has 1 aromatic rings. The minimum absolute atomic E-state index is 0. The summed E-state index contributed by atoms with van der Waals surface area (Å²) in [7, 11) is 7.32. The van der Waals surface area contributed by atoms with Gasteiger partial charge in [-0.25, -0.2) is 0 Å². The van der Waals surface area contributed by atoms with Gasteiger partial charge in [0.05, 0.1) is 25.0 Å². The van der Waals surface area contributed by atoms with Crippen molar-refractivity contribution in [2.24, 2.45) is 11.8 Å². The number of rotatable bonds is 16. The van der Waals surface area contributed by atoms with Crippen LogP contribution >= 0.6 is 12.4 Å². The lowest BCUT2D eigenvalue weighted by atomic mass is 9.91. The van der Waals surface area contributed by atoms with Crippen LogP contribution in [0.5, 0.6) is 0 Å². The highest BCUT2D eigenvalue weighted by Crippen LogP contribution is 2.24. The zero-order valence-corrected chi connectivity index (χ0v) is 31.0. The van der Waals surface area contributed by atoms with Gasteiger partial charge < -0.3 is 24.3 Å². The molecule has 1 rings (SSSR count). The van der Waals surface area contributed by atoms with E-state index in [2.05, 4.69) is 69.2 Å². The van der Waals surface area contributed by atoms with Crippen LogP contribution in [0.15, 0.2) is 30.3 Å². The highest BCUT2D eigenvalue weighted by atomic mass is 35.5. The molecule has 44 heavy (non-hydrogen) atoms. The largest absolute Gasteiger partial charge is 0.460 e. The fourth-order valence-electron chi connectivity index (χ4n) is 5.19. The van der Waals surface area contributed by atoms with Gasteiger partial charge >= 0.3 is 11.9 Å². The lowest BCUT2D eigenvalue weighted by molar-refractivity contribution is -0.160. The molecule has 0 bridgehead atoms. The Kier molecular flexibility index (Phi) is 22.1. The summed E-state index contributed by atoms with van der Waals surface area (Å²) in [6.45, 7) is 20.8. The molecule has 1 unspecified atom stereocenters. The average molecular weight is 645 g/mol. The van der Waals surface area contributed by atoms with Crippen molar-refractivity contribution in [1.29, 1.82) is 0 Å². The molecule has 0 radical (unpaired) electrons. The van der Waals surface area contributed by atoms with E-state index >= 15 is 0 Å². The Labute approximate surface area is 275 Å². The topological polar surface area (TPSA) is 86.3 Å². The fourth-order valence-corrected chi connectivity index (χ4v) is 5.19. The van der Waals surface area contributed by atoms with Crippen molar-refractivity contribution < 1.29 is 28.5 Å². The third-order valence-corrected chi connectivity index (χ3v) is 7.56. The Morgan fingerprint density at radius 3 is 1.59 bits per heavy atom. The van der Waals surface area contributed by atoms with Crippen molar-refractivity contribution in [2.45, 2.75) is 137 Å². The fraction of sp³-hybridized carbons (Fsp3) is 0.771. The first-order valence-corrected chi connectivity index (χ1v) is 15.8. The summed E-state index contributed by atoms with van der Waals surface area (Å²) in [5.41, 5.74) is 0.336. The lowest BCUT2D eigenvalue weighted by Crippen LogP contribution is -2.47. The van der Waals surface area contributed by atoms with E-state index in [1.54, 1.807) is 14.2 Å². The minimum Gasteiger partial charge on any atom is -0.460 e. The number of nitrogens with one attached hydrogen (secondary N) is 1. The molecule has 0 fully saturated rings.